The molecule has 0 bridgehead atoms. The Morgan fingerprint density at radius 1 is 1.28 bits per heavy atom. The minimum Gasteiger partial charge on any atom is -0.375 e. The van der Waals surface area contributed by atoms with E-state index < -0.39 is 15.3 Å². The topological polar surface area (TPSA) is 55.4 Å². The van der Waals surface area contributed by atoms with Crippen LogP contribution in [0.15, 0.2) is 24.3 Å². The van der Waals surface area contributed by atoms with Gasteiger partial charge < -0.3 is 4.74 Å². The summed E-state index contributed by atoms with van der Waals surface area (Å²) >= 11 is 0. The van der Waals surface area contributed by atoms with E-state index in [4.69, 9.17) is 4.74 Å². The van der Waals surface area contributed by atoms with Crippen LogP contribution in [0.2, 0.25) is 0 Å². The Hall–Kier alpha value is -0.910. The summed E-state index contributed by atoms with van der Waals surface area (Å²) in [5.41, 5.74) is 2.10. The number of aryl methyl sites for hydroxylation is 1. The number of ether oxygens (including phenoxy) is 1. The largest absolute Gasteiger partial charge is 0.375 e. The molecule has 0 amide bonds. The predicted molar refractivity (Wildman–Crippen MR) is 73.0 cm³/mol. The van der Waals surface area contributed by atoms with Gasteiger partial charge in [0.1, 0.15) is 0 Å². The molecular weight excluding hydrogens is 250 g/mol. The second-order valence-corrected chi connectivity index (χ2v) is 6.84. The predicted octanol–water partition coefficient (Wildman–Crippen LogP) is 2.01. The van der Waals surface area contributed by atoms with Gasteiger partial charge in [0.15, 0.2) is 0 Å². The van der Waals surface area contributed by atoms with Crippen molar-refractivity contribution in [3.63, 3.8) is 0 Å². The monoisotopic (exact) mass is 271 g/mol. The van der Waals surface area contributed by atoms with Crippen molar-refractivity contribution in [2.24, 2.45) is 0 Å². The van der Waals surface area contributed by atoms with Crippen molar-refractivity contribution in [3.05, 3.63) is 35.4 Å². The van der Waals surface area contributed by atoms with E-state index in [0.29, 0.717) is 0 Å². The standard InChI is InChI=1S/C13H21NO3S/c1-10(2)18(15,16)14-9-13(17-4)12-8-6-5-7-11(12)3/h5-8,10,13-14H,9H2,1-4H3. The highest BCUT2D eigenvalue weighted by atomic mass is 32.2. The van der Waals surface area contributed by atoms with Gasteiger partial charge in [-0.2, -0.15) is 0 Å². The summed E-state index contributed by atoms with van der Waals surface area (Å²) in [6, 6.07) is 7.81. The average molecular weight is 271 g/mol. The number of rotatable bonds is 6. The number of nitrogens with one attached hydrogen (secondary N) is 1. The van der Waals surface area contributed by atoms with Gasteiger partial charge in [-0.05, 0) is 31.9 Å². The summed E-state index contributed by atoms with van der Waals surface area (Å²) in [6.07, 6.45) is -0.264. The van der Waals surface area contributed by atoms with Crippen molar-refractivity contribution in [2.45, 2.75) is 32.1 Å². The molecule has 4 nitrogen and oxygen atoms in total. The second kappa shape index (κ2) is 6.31. The van der Waals surface area contributed by atoms with E-state index in [9.17, 15) is 8.42 Å². The van der Waals surface area contributed by atoms with Gasteiger partial charge >= 0.3 is 0 Å². The average Bonchev–Trinajstić information content (AvgIpc) is 2.31. The fourth-order valence-electron chi connectivity index (χ4n) is 1.63. The fraction of sp³-hybridized carbons (Fsp3) is 0.538. The number of methoxy groups -OCH3 is 1. The Labute approximate surface area is 109 Å². The molecule has 0 aliphatic carbocycles. The Bertz CT molecular complexity index is 483. The van der Waals surface area contributed by atoms with Crippen molar-refractivity contribution in [3.8, 4) is 0 Å². The molecule has 0 fully saturated rings. The molecule has 1 aromatic carbocycles. The van der Waals surface area contributed by atoms with Gasteiger partial charge in [0.25, 0.3) is 0 Å². The van der Waals surface area contributed by atoms with Crippen LogP contribution >= 0.6 is 0 Å². The van der Waals surface area contributed by atoms with Gasteiger partial charge in [0.05, 0.1) is 11.4 Å². The summed E-state index contributed by atoms with van der Waals surface area (Å²) < 4.78 is 31.3. The van der Waals surface area contributed by atoms with Crippen LogP contribution in [0.1, 0.15) is 31.1 Å². The minimum absolute atomic E-state index is 0.252. The maximum atomic E-state index is 11.7. The number of benzene rings is 1. The van der Waals surface area contributed by atoms with Crippen LogP contribution < -0.4 is 4.72 Å². The van der Waals surface area contributed by atoms with Crippen molar-refractivity contribution in [2.75, 3.05) is 13.7 Å². The van der Waals surface area contributed by atoms with Gasteiger partial charge in [-0.3, -0.25) is 0 Å². The van der Waals surface area contributed by atoms with E-state index in [-0.39, 0.29) is 12.6 Å². The molecule has 18 heavy (non-hydrogen) atoms. The second-order valence-electron chi connectivity index (χ2n) is 4.52. The zero-order valence-corrected chi connectivity index (χ0v) is 12.1. The molecular formula is C13H21NO3S. The zero-order valence-electron chi connectivity index (χ0n) is 11.3. The molecule has 0 saturated heterocycles. The fourth-order valence-corrected chi connectivity index (χ4v) is 2.34. The molecule has 5 heteroatoms. The molecule has 0 aromatic heterocycles. The number of sulfonamides is 1. The lowest BCUT2D eigenvalue weighted by Crippen LogP contribution is -2.34. The van der Waals surface area contributed by atoms with Crippen LogP contribution in [0.3, 0.4) is 0 Å². The third kappa shape index (κ3) is 3.80. The van der Waals surface area contributed by atoms with E-state index in [1.165, 1.54) is 0 Å². The summed E-state index contributed by atoms with van der Waals surface area (Å²) in [5.74, 6) is 0. The Kier molecular flexibility index (Phi) is 5.31. The molecule has 0 saturated carbocycles. The van der Waals surface area contributed by atoms with E-state index in [0.717, 1.165) is 11.1 Å². The van der Waals surface area contributed by atoms with Gasteiger partial charge in [-0.15, -0.1) is 0 Å². The maximum Gasteiger partial charge on any atom is 0.214 e. The normalized spacial score (nSPS) is 13.8. The molecule has 0 radical (unpaired) electrons. The van der Waals surface area contributed by atoms with Gasteiger partial charge in [0.2, 0.25) is 10.0 Å². The van der Waals surface area contributed by atoms with Crippen molar-refractivity contribution < 1.29 is 13.2 Å². The smallest absolute Gasteiger partial charge is 0.214 e. The first-order valence-corrected chi connectivity index (χ1v) is 7.50. The van der Waals surface area contributed by atoms with Crippen molar-refractivity contribution in [1.82, 2.24) is 4.72 Å². The quantitative estimate of drug-likeness (QED) is 0.861. The Balaban J connectivity index is 2.79. The highest BCUT2D eigenvalue weighted by Crippen LogP contribution is 2.19. The molecule has 0 spiro atoms. The van der Waals surface area contributed by atoms with Gasteiger partial charge in [0, 0.05) is 13.7 Å². The molecule has 102 valence electrons. The van der Waals surface area contributed by atoms with E-state index in [1.54, 1.807) is 21.0 Å². The first kappa shape index (κ1) is 15.1. The van der Waals surface area contributed by atoms with Gasteiger partial charge in [-0.1, -0.05) is 24.3 Å². The number of hydrogen-bond donors (Lipinski definition) is 1. The van der Waals surface area contributed by atoms with Crippen LogP contribution in [0.4, 0.5) is 0 Å². The zero-order chi connectivity index (χ0) is 13.8. The van der Waals surface area contributed by atoms with E-state index in [1.807, 2.05) is 31.2 Å². The highest BCUT2D eigenvalue weighted by molar-refractivity contribution is 7.90. The summed E-state index contributed by atoms with van der Waals surface area (Å²) in [4.78, 5) is 0. The molecule has 1 rings (SSSR count). The molecule has 1 unspecified atom stereocenters. The maximum absolute atomic E-state index is 11.7. The van der Waals surface area contributed by atoms with Crippen molar-refractivity contribution in [1.29, 1.82) is 0 Å². The summed E-state index contributed by atoms with van der Waals surface area (Å²) in [7, 11) is -1.67. The first-order valence-electron chi connectivity index (χ1n) is 5.95. The Morgan fingerprint density at radius 3 is 2.39 bits per heavy atom. The number of hydrogen-bond acceptors (Lipinski definition) is 3. The lowest BCUT2D eigenvalue weighted by Gasteiger charge is -2.19. The van der Waals surface area contributed by atoms with Crippen LogP contribution in [0.25, 0.3) is 0 Å². The molecule has 1 N–H and O–H groups in total. The first-order chi connectivity index (χ1) is 8.38. The minimum atomic E-state index is -3.25. The molecule has 1 atom stereocenters. The lowest BCUT2D eigenvalue weighted by atomic mass is 10.0. The SMILES string of the molecule is COC(CNS(=O)(=O)C(C)C)c1ccccc1C. The van der Waals surface area contributed by atoms with Crippen molar-refractivity contribution >= 4 is 10.0 Å². The molecule has 0 aliphatic heterocycles. The highest BCUT2D eigenvalue weighted by Gasteiger charge is 2.19. The van der Waals surface area contributed by atoms with Crippen LogP contribution in [0.5, 0.6) is 0 Å². The summed E-state index contributed by atoms with van der Waals surface area (Å²) in [6.45, 7) is 5.54. The van der Waals surface area contributed by atoms with Crippen LogP contribution in [-0.4, -0.2) is 27.3 Å². The summed E-state index contributed by atoms with van der Waals surface area (Å²) in [5, 5.41) is -0.438. The van der Waals surface area contributed by atoms with E-state index in [2.05, 4.69) is 4.72 Å². The molecule has 0 aliphatic rings. The molecule has 0 heterocycles. The van der Waals surface area contributed by atoms with E-state index >= 15 is 0 Å². The Morgan fingerprint density at radius 2 is 1.89 bits per heavy atom. The third-order valence-electron chi connectivity index (χ3n) is 2.91. The van der Waals surface area contributed by atoms with Crippen LogP contribution in [0, 0.1) is 6.92 Å². The lowest BCUT2D eigenvalue weighted by molar-refractivity contribution is 0.107. The third-order valence-corrected chi connectivity index (χ3v) is 4.72. The molecule has 1 aromatic rings. The van der Waals surface area contributed by atoms with Crippen LogP contribution in [-0.2, 0) is 14.8 Å². The van der Waals surface area contributed by atoms with Gasteiger partial charge in [-0.25, -0.2) is 13.1 Å².